The summed E-state index contributed by atoms with van der Waals surface area (Å²) in [5.41, 5.74) is 0.153. The Balaban J connectivity index is 1.59. The second kappa shape index (κ2) is 8.83. The second-order valence-electron chi connectivity index (χ2n) is 7.23. The molecule has 0 aromatic heterocycles. The highest BCUT2D eigenvalue weighted by Crippen LogP contribution is 2.21. The Morgan fingerprint density at radius 2 is 1.67 bits per heavy atom. The molecule has 0 spiro atoms. The van der Waals surface area contributed by atoms with Crippen molar-refractivity contribution in [3.8, 4) is 6.07 Å². The maximum Gasteiger partial charge on any atom is 0.277 e. The van der Waals surface area contributed by atoms with Crippen LogP contribution in [-0.2, 0) is 14.8 Å². The van der Waals surface area contributed by atoms with Crippen molar-refractivity contribution in [3.63, 3.8) is 0 Å². The number of rotatable bonds is 4. The molecule has 8 heteroatoms. The van der Waals surface area contributed by atoms with Gasteiger partial charge in [0.2, 0.25) is 10.0 Å². The van der Waals surface area contributed by atoms with Crippen LogP contribution < -0.4 is 4.90 Å². The predicted molar refractivity (Wildman–Crippen MR) is 101 cm³/mol. The molecule has 1 aromatic rings. The molecule has 1 N–H and O–H groups in total. The van der Waals surface area contributed by atoms with Crippen molar-refractivity contribution in [2.45, 2.75) is 30.6 Å². The maximum atomic E-state index is 12.9. The van der Waals surface area contributed by atoms with E-state index in [0.717, 1.165) is 13.1 Å². The Labute approximate surface area is 161 Å². The fourth-order valence-corrected chi connectivity index (χ4v) is 5.40. The first-order chi connectivity index (χ1) is 13.0. The van der Waals surface area contributed by atoms with Crippen LogP contribution in [0.3, 0.4) is 0 Å². The second-order valence-corrected chi connectivity index (χ2v) is 9.14. The number of likely N-dealkylation sites (tertiary alicyclic amines) is 1. The van der Waals surface area contributed by atoms with E-state index in [1.54, 1.807) is 17.0 Å². The molecule has 2 heterocycles. The number of sulfonamides is 1. The lowest BCUT2D eigenvalue weighted by molar-refractivity contribution is -0.891. The number of nitriles is 1. The van der Waals surface area contributed by atoms with Gasteiger partial charge in [-0.1, -0.05) is 12.1 Å². The van der Waals surface area contributed by atoms with Crippen LogP contribution in [0.1, 0.15) is 31.2 Å². The minimum absolute atomic E-state index is 0.0429. The number of benzene rings is 1. The molecule has 2 fully saturated rings. The summed E-state index contributed by atoms with van der Waals surface area (Å²) in [6.07, 6.45) is 4.84. The molecule has 2 aliphatic rings. The highest BCUT2D eigenvalue weighted by molar-refractivity contribution is 7.89. The molecule has 2 aliphatic heterocycles. The summed E-state index contributed by atoms with van der Waals surface area (Å²) in [5, 5.41) is 9.18. The number of hydrogen-bond acceptors (Lipinski definition) is 4. The number of quaternary nitrogens is 1. The maximum absolute atomic E-state index is 12.9. The zero-order valence-electron chi connectivity index (χ0n) is 15.6. The molecule has 146 valence electrons. The van der Waals surface area contributed by atoms with Crippen molar-refractivity contribution in [2.75, 3.05) is 45.8 Å². The number of nitrogens with zero attached hydrogens (tertiary/aromatic N) is 3. The summed E-state index contributed by atoms with van der Waals surface area (Å²) in [6, 6.07) is 8.20. The number of amides is 1. The number of carbonyl (C=O) groups excluding carboxylic acids is 1. The first kappa shape index (κ1) is 19.8. The molecule has 2 saturated heterocycles. The summed E-state index contributed by atoms with van der Waals surface area (Å²) in [4.78, 5) is 15.8. The monoisotopic (exact) mass is 391 g/mol. The molecule has 0 unspecified atom stereocenters. The van der Waals surface area contributed by atoms with Crippen LogP contribution in [0.5, 0.6) is 0 Å². The summed E-state index contributed by atoms with van der Waals surface area (Å²) in [7, 11) is -3.72. The van der Waals surface area contributed by atoms with Crippen molar-refractivity contribution >= 4 is 15.9 Å². The molecular formula is C19H27N4O3S+. The fraction of sp³-hybridized carbons (Fsp3) is 0.579. The van der Waals surface area contributed by atoms with Crippen molar-refractivity contribution < 1.29 is 18.1 Å². The molecule has 3 rings (SSSR count). The molecule has 0 bridgehead atoms. The molecule has 27 heavy (non-hydrogen) atoms. The van der Waals surface area contributed by atoms with Gasteiger partial charge in [-0.05, 0) is 37.8 Å². The van der Waals surface area contributed by atoms with Gasteiger partial charge >= 0.3 is 0 Å². The van der Waals surface area contributed by atoms with Crippen molar-refractivity contribution in [1.29, 1.82) is 5.26 Å². The van der Waals surface area contributed by atoms with Gasteiger partial charge in [-0.25, -0.2) is 8.42 Å². The average molecular weight is 392 g/mol. The smallest absolute Gasteiger partial charge is 0.277 e. The molecule has 1 amide bonds. The Morgan fingerprint density at radius 3 is 2.30 bits per heavy atom. The zero-order valence-corrected chi connectivity index (χ0v) is 16.4. The highest BCUT2D eigenvalue weighted by Gasteiger charge is 2.32. The van der Waals surface area contributed by atoms with Gasteiger partial charge in [0.25, 0.3) is 5.91 Å². The van der Waals surface area contributed by atoms with Gasteiger partial charge in [0.05, 0.1) is 23.5 Å². The molecule has 0 saturated carbocycles. The van der Waals surface area contributed by atoms with E-state index < -0.39 is 10.0 Å². The quantitative estimate of drug-likeness (QED) is 0.774. The van der Waals surface area contributed by atoms with Crippen LogP contribution in [0.25, 0.3) is 0 Å². The minimum Gasteiger partial charge on any atom is -0.335 e. The molecule has 0 atom stereocenters. The normalized spacial score (nSPS) is 20.0. The average Bonchev–Trinajstić information content (AvgIpc) is 2.96. The van der Waals surface area contributed by atoms with Crippen LogP contribution in [0.15, 0.2) is 29.2 Å². The van der Waals surface area contributed by atoms with E-state index in [1.165, 1.54) is 47.0 Å². The van der Waals surface area contributed by atoms with Gasteiger partial charge in [-0.3, -0.25) is 4.79 Å². The molecular weight excluding hydrogens is 364 g/mol. The Morgan fingerprint density at radius 1 is 1.04 bits per heavy atom. The number of carbonyl (C=O) groups is 1. The highest BCUT2D eigenvalue weighted by atomic mass is 32.2. The number of piperazine rings is 1. The van der Waals surface area contributed by atoms with E-state index in [1.807, 2.05) is 6.07 Å². The molecule has 0 aliphatic carbocycles. The molecule has 0 radical (unpaired) electrons. The van der Waals surface area contributed by atoms with E-state index >= 15 is 0 Å². The lowest BCUT2D eigenvalue weighted by atomic mass is 10.2. The Bertz CT molecular complexity index is 802. The van der Waals surface area contributed by atoms with Crippen LogP contribution in [0.2, 0.25) is 0 Å². The standard InChI is InChI=1S/C19H26N4O3S/c20-15-17-7-3-4-8-18(17)27(25,26)23-13-11-22(12-14-23)19(24)16-21-9-5-1-2-6-10-21/h3-4,7-8H,1-2,5-6,9-14,16H2/p+1. The van der Waals surface area contributed by atoms with E-state index in [9.17, 15) is 18.5 Å². The Kier molecular flexibility index (Phi) is 6.47. The number of nitrogens with one attached hydrogen (secondary N) is 1. The third-order valence-corrected chi connectivity index (χ3v) is 7.39. The molecule has 1 aromatic carbocycles. The van der Waals surface area contributed by atoms with Gasteiger partial charge in [-0.2, -0.15) is 9.57 Å². The van der Waals surface area contributed by atoms with Gasteiger partial charge in [0.15, 0.2) is 6.54 Å². The SMILES string of the molecule is N#Cc1ccccc1S(=O)(=O)N1CCN(C(=O)C[NH+]2CCCCCC2)CC1. The van der Waals surface area contributed by atoms with Gasteiger partial charge < -0.3 is 9.80 Å². The summed E-state index contributed by atoms with van der Waals surface area (Å²) < 4.78 is 27.1. The van der Waals surface area contributed by atoms with E-state index in [-0.39, 0.29) is 29.5 Å². The largest absolute Gasteiger partial charge is 0.335 e. The zero-order chi connectivity index (χ0) is 19.3. The van der Waals surface area contributed by atoms with Gasteiger partial charge in [0, 0.05) is 26.2 Å². The predicted octanol–water partition coefficient (Wildman–Crippen LogP) is -0.150. The lowest BCUT2D eigenvalue weighted by Crippen LogP contribution is -3.13. The van der Waals surface area contributed by atoms with Crippen molar-refractivity contribution in [2.24, 2.45) is 0 Å². The first-order valence-electron chi connectivity index (χ1n) is 9.63. The third kappa shape index (κ3) is 4.67. The third-order valence-electron chi connectivity index (χ3n) is 5.43. The fourth-order valence-electron chi connectivity index (χ4n) is 3.83. The first-order valence-corrected chi connectivity index (χ1v) is 11.1. The topological polar surface area (TPSA) is 85.9 Å². The lowest BCUT2D eigenvalue weighted by Gasteiger charge is -2.34. The summed E-state index contributed by atoms with van der Waals surface area (Å²) in [5.74, 6) is 0.112. The van der Waals surface area contributed by atoms with E-state index in [4.69, 9.17) is 0 Å². The number of hydrogen-bond donors (Lipinski definition) is 1. The Hall–Kier alpha value is -1.95. The van der Waals surface area contributed by atoms with Gasteiger partial charge in [0.1, 0.15) is 6.07 Å². The van der Waals surface area contributed by atoms with Crippen molar-refractivity contribution in [1.82, 2.24) is 9.21 Å². The van der Waals surface area contributed by atoms with Crippen LogP contribution >= 0.6 is 0 Å². The van der Waals surface area contributed by atoms with Gasteiger partial charge in [-0.15, -0.1) is 0 Å². The van der Waals surface area contributed by atoms with Crippen LogP contribution in [-0.4, -0.2) is 69.3 Å². The van der Waals surface area contributed by atoms with E-state index in [0.29, 0.717) is 19.6 Å². The minimum atomic E-state index is -3.72. The van der Waals surface area contributed by atoms with Crippen molar-refractivity contribution in [3.05, 3.63) is 29.8 Å². The summed E-state index contributed by atoms with van der Waals surface area (Å²) in [6.45, 7) is 3.94. The van der Waals surface area contributed by atoms with Crippen LogP contribution in [0.4, 0.5) is 0 Å². The molecule has 7 nitrogen and oxygen atoms in total. The summed E-state index contributed by atoms with van der Waals surface area (Å²) >= 11 is 0. The van der Waals surface area contributed by atoms with Crippen LogP contribution in [0, 0.1) is 11.3 Å². The van der Waals surface area contributed by atoms with E-state index in [2.05, 4.69) is 0 Å².